The van der Waals surface area contributed by atoms with E-state index in [2.05, 4.69) is 10.6 Å². The van der Waals surface area contributed by atoms with Gasteiger partial charge in [0.2, 0.25) is 0 Å². The number of rotatable bonds is 4. The smallest absolute Gasteiger partial charge is 0.315 e. The van der Waals surface area contributed by atoms with Gasteiger partial charge in [0, 0.05) is 31.2 Å². The largest absolute Gasteiger partial charge is 0.381 e. The lowest BCUT2D eigenvalue weighted by Crippen LogP contribution is -2.46. The van der Waals surface area contributed by atoms with Gasteiger partial charge < -0.3 is 15.4 Å². The molecule has 1 aromatic carbocycles. The number of hydrogen-bond acceptors (Lipinski definition) is 2. The van der Waals surface area contributed by atoms with E-state index in [1.54, 1.807) is 6.07 Å². The van der Waals surface area contributed by atoms with Crippen LogP contribution in [0, 0.1) is 17.6 Å². The van der Waals surface area contributed by atoms with Gasteiger partial charge in [0.05, 0.1) is 0 Å². The number of nitrogens with one attached hydrogen (secondary N) is 2. The maximum Gasteiger partial charge on any atom is 0.315 e. The summed E-state index contributed by atoms with van der Waals surface area (Å²) in [5, 5.41) is 5.79. The van der Waals surface area contributed by atoms with Crippen LogP contribution in [0.3, 0.4) is 0 Å². The minimum atomic E-state index is -0.842. The number of benzene rings is 1. The Balaban J connectivity index is 1.49. The summed E-state index contributed by atoms with van der Waals surface area (Å²) in [6.07, 6.45) is 2.53. The van der Waals surface area contributed by atoms with Gasteiger partial charge in [-0.05, 0) is 43.7 Å². The van der Waals surface area contributed by atoms with Gasteiger partial charge in [0.15, 0.2) is 11.6 Å². The molecule has 2 fully saturated rings. The van der Waals surface area contributed by atoms with Crippen LogP contribution in [0.4, 0.5) is 13.6 Å². The average Bonchev–Trinajstić information content (AvgIpc) is 3.29. The molecule has 1 aliphatic carbocycles. The summed E-state index contributed by atoms with van der Waals surface area (Å²) >= 11 is 0. The quantitative estimate of drug-likeness (QED) is 0.895. The van der Waals surface area contributed by atoms with E-state index in [1.807, 2.05) is 6.92 Å². The van der Waals surface area contributed by atoms with Crippen molar-refractivity contribution in [3.05, 3.63) is 35.4 Å². The van der Waals surface area contributed by atoms with Gasteiger partial charge in [-0.3, -0.25) is 0 Å². The molecule has 0 aromatic heterocycles. The van der Waals surface area contributed by atoms with E-state index >= 15 is 0 Å². The molecule has 6 heteroatoms. The topological polar surface area (TPSA) is 50.4 Å². The van der Waals surface area contributed by atoms with Crippen LogP contribution >= 0.6 is 0 Å². The predicted molar refractivity (Wildman–Crippen MR) is 82.2 cm³/mol. The highest BCUT2D eigenvalue weighted by molar-refractivity contribution is 5.75. The minimum Gasteiger partial charge on any atom is -0.381 e. The first-order valence-corrected chi connectivity index (χ1v) is 8.15. The molecule has 1 saturated heterocycles. The third-order valence-corrected chi connectivity index (χ3v) is 4.82. The second-order valence-electron chi connectivity index (χ2n) is 6.45. The molecule has 0 radical (unpaired) electrons. The van der Waals surface area contributed by atoms with Crippen LogP contribution in [-0.4, -0.2) is 31.3 Å². The van der Waals surface area contributed by atoms with Crippen LogP contribution in [0.25, 0.3) is 0 Å². The Kier molecular flexibility index (Phi) is 4.80. The van der Waals surface area contributed by atoms with Gasteiger partial charge in [-0.25, -0.2) is 13.6 Å². The van der Waals surface area contributed by atoms with Crippen molar-refractivity contribution < 1.29 is 18.3 Å². The number of urea groups is 1. The third-order valence-electron chi connectivity index (χ3n) is 4.82. The first-order valence-electron chi connectivity index (χ1n) is 8.15. The molecular formula is C17H22F2N2O2. The fourth-order valence-corrected chi connectivity index (χ4v) is 3.26. The molecule has 126 valence electrons. The molecule has 0 spiro atoms. The van der Waals surface area contributed by atoms with E-state index in [4.69, 9.17) is 4.74 Å². The zero-order valence-corrected chi connectivity index (χ0v) is 13.1. The fourth-order valence-electron chi connectivity index (χ4n) is 3.26. The van der Waals surface area contributed by atoms with E-state index in [1.165, 1.54) is 6.07 Å². The molecular weight excluding hydrogens is 302 g/mol. The van der Waals surface area contributed by atoms with Gasteiger partial charge in [-0.15, -0.1) is 0 Å². The number of amides is 2. The Morgan fingerprint density at radius 2 is 2.04 bits per heavy atom. The monoisotopic (exact) mass is 324 g/mol. The molecule has 1 heterocycles. The van der Waals surface area contributed by atoms with Crippen LogP contribution in [0.15, 0.2) is 18.2 Å². The van der Waals surface area contributed by atoms with Crippen molar-refractivity contribution >= 4 is 6.03 Å². The summed E-state index contributed by atoms with van der Waals surface area (Å²) in [5.74, 6) is -1.37. The van der Waals surface area contributed by atoms with Crippen molar-refractivity contribution in [2.75, 3.05) is 13.2 Å². The maximum absolute atomic E-state index is 13.7. The van der Waals surface area contributed by atoms with Crippen molar-refractivity contribution in [2.24, 2.45) is 5.92 Å². The van der Waals surface area contributed by atoms with Crippen LogP contribution in [0.5, 0.6) is 0 Å². The summed E-state index contributed by atoms with van der Waals surface area (Å²) in [4.78, 5) is 12.1. The molecule has 3 rings (SSSR count). The maximum atomic E-state index is 13.7. The van der Waals surface area contributed by atoms with E-state index < -0.39 is 11.6 Å². The highest BCUT2D eigenvalue weighted by Crippen LogP contribution is 2.42. The second-order valence-corrected chi connectivity index (χ2v) is 6.45. The second kappa shape index (κ2) is 6.83. The van der Waals surface area contributed by atoms with Gasteiger partial charge >= 0.3 is 6.03 Å². The molecule has 2 amide bonds. The number of hydrogen-bond donors (Lipinski definition) is 2. The molecule has 2 N–H and O–H groups in total. The van der Waals surface area contributed by atoms with E-state index in [0.717, 1.165) is 32.1 Å². The lowest BCUT2D eigenvalue weighted by atomic mass is 9.93. The average molecular weight is 324 g/mol. The van der Waals surface area contributed by atoms with Crippen molar-refractivity contribution in [1.82, 2.24) is 10.6 Å². The summed E-state index contributed by atoms with van der Waals surface area (Å²) in [6.45, 7) is 3.47. The molecule has 1 aromatic rings. The van der Waals surface area contributed by atoms with Crippen molar-refractivity contribution in [2.45, 2.75) is 44.2 Å². The number of carbonyl (C=O) groups excluding carboxylic acids is 1. The van der Waals surface area contributed by atoms with Crippen LogP contribution < -0.4 is 10.6 Å². The molecule has 1 saturated carbocycles. The standard InChI is InChI=1S/C17H22F2N2O2/c1-10(11-5-7-23-8-6-11)20-17(22)21-15-9-13(15)12-3-2-4-14(18)16(12)19/h2-4,10-11,13,15H,5-9H2,1H3,(H2,20,21,22)/t10-,13+,15-/m0/s1. The highest BCUT2D eigenvalue weighted by atomic mass is 19.2. The van der Waals surface area contributed by atoms with Gasteiger partial charge in [-0.1, -0.05) is 12.1 Å². The first kappa shape index (κ1) is 16.2. The Hall–Kier alpha value is -1.69. The predicted octanol–water partition coefficient (Wildman–Crippen LogP) is 2.94. The van der Waals surface area contributed by atoms with Crippen LogP contribution in [-0.2, 0) is 4.74 Å². The van der Waals surface area contributed by atoms with Crippen molar-refractivity contribution in [3.8, 4) is 0 Å². The van der Waals surface area contributed by atoms with Gasteiger partial charge in [0.25, 0.3) is 0 Å². The number of ether oxygens (including phenoxy) is 1. The summed E-state index contributed by atoms with van der Waals surface area (Å²) < 4.78 is 32.3. The molecule has 0 bridgehead atoms. The summed E-state index contributed by atoms with van der Waals surface area (Å²) in [7, 11) is 0. The van der Waals surface area contributed by atoms with Gasteiger partial charge in [-0.2, -0.15) is 0 Å². The SMILES string of the molecule is C[C@H](NC(=O)N[C@H]1C[C@@H]1c1cccc(F)c1F)C1CCOCC1. The Labute approximate surface area is 134 Å². The lowest BCUT2D eigenvalue weighted by molar-refractivity contribution is 0.0571. The summed E-state index contributed by atoms with van der Waals surface area (Å²) in [5.41, 5.74) is 0.341. The Bertz CT molecular complexity index is 576. The van der Waals surface area contributed by atoms with E-state index in [0.29, 0.717) is 17.9 Å². The third kappa shape index (κ3) is 3.80. The Morgan fingerprint density at radius 1 is 1.30 bits per heavy atom. The van der Waals surface area contributed by atoms with Crippen LogP contribution in [0.2, 0.25) is 0 Å². The van der Waals surface area contributed by atoms with Gasteiger partial charge in [0.1, 0.15) is 0 Å². The number of halogens is 2. The molecule has 2 aliphatic rings. The minimum absolute atomic E-state index is 0.0713. The fraction of sp³-hybridized carbons (Fsp3) is 0.588. The first-order chi connectivity index (χ1) is 11.1. The van der Waals surface area contributed by atoms with Crippen LogP contribution in [0.1, 0.15) is 37.7 Å². The molecule has 4 nitrogen and oxygen atoms in total. The summed E-state index contributed by atoms with van der Waals surface area (Å²) in [6, 6.07) is 3.87. The molecule has 23 heavy (non-hydrogen) atoms. The zero-order chi connectivity index (χ0) is 16.4. The van der Waals surface area contributed by atoms with E-state index in [-0.39, 0.29) is 24.0 Å². The van der Waals surface area contributed by atoms with E-state index in [9.17, 15) is 13.6 Å². The molecule has 1 aliphatic heterocycles. The molecule has 3 atom stereocenters. The lowest BCUT2D eigenvalue weighted by Gasteiger charge is -2.28. The molecule has 0 unspecified atom stereocenters. The van der Waals surface area contributed by atoms with Crippen molar-refractivity contribution in [3.63, 3.8) is 0 Å². The highest BCUT2D eigenvalue weighted by Gasteiger charge is 2.41. The van der Waals surface area contributed by atoms with Crippen molar-refractivity contribution in [1.29, 1.82) is 0 Å². The number of carbonyl (C=O) groups is 1. The zero-order valence-electron chi connectivity index (χ0n) is 13.1. The Morgan fingerprint density at radius 3 is 2.78 bits per heavy atom. The normalized spacial score (nSPS) is 25.7.